The number of anilines is 1. The predicted molar refractivity (Wildman–Crippen MR) is 66.5 cm³/mol. The van der Waals surface area contributed by atoms with Gasteiger partial charge in [0.05, 0.1) is 16.9 Å². The third kappa shape index (κ3) is 1.89. The maximum atomic E-state index is 13.8. The van der Waals surface area contributed by atoms with E-state index in [4.69, 9.17) is 15.0 Å². The van der Waals surface area contributed by atoms with E-state index in [1.807, 2.05) is 27.7 Å². The van der Waals surface area contributed by atoms with Crippen LogP contribution >= 0.6 is 0 Å². The van der Waals surface area contributed by atoms with Gasteiger partial charge in [-0.25, -0.2) is 8.78 Å². The van der Waals surface area contributed by atoms with Crippen molar-refractivity contribution in [2.45, 2.75) is 38.9 Å². The molecule has 98 valence electrons. The van der Waals surface area contributed by atoms with Crippen molar-refractivity contribution in [2.24, 2.45) is 0 Å². The van der Waals surface area contributed by atoms with E-state index in [0.29, 0.717) is 0 Å². The van der Waals surface area contributed by atoms with Gasteiger partial charge in [0.1, 0.15) is 0 Å². The number of benzene rings is 1. The summed E-state index contributed by atoms with van der Waals surface area (Å²) in [6.07, 6.45) is 0. The van der Waals surface area contributed by atoms with Crippen LogP contribution in [0.2, 0.25) is 0 Å². The highest BCUT2D eigenvalue weighted by molar-refractivity contribution is 6.62. The summed E-state index contributed by atoms with van der Waals surface area (Å²) in [5.74, 6) is -2.09. The van der Waals surface area contributed by atoms with E-state index in [1.165, 1.54) is 12.1 Å². The number of nitrogen functional groups attached to an aromatic ring is 1. The summed E-state index contributed by atoms with van der Waals surface area (Å²) in [6, 6.07) is 2.69. The zero-order valence-corrected chi connectivity index (χ0v) is 10.9. The van der Waals surface area contributed by atoms with Gasteiger partial charge in [0.2, 0.25) is 0 Å². The summed E-state index contributed by atoms with van der Waals surface area (Å²) in [6.45, 7) is 7.38. The van der Waals surface area contributed by atoms with Crippen molar-refractivity contribution < 1.29 is 18.1 Å². The van der Waals surface area contributed by atoms with Crippen LogP contribution in [0.5, 0.6) is 0 Å². The lowest BCUT2D eigenvalue weighted by atomic mass is 9.78. The van der Waals surface area contributed by atoms with Crippen LogP contribution in [0.25, 0.3) is 0 Å². The van der Waals surface area contributed by atoms with Gasteiger partial charge in [-0.1, -0.05) is 6.07 Å². The fraction of sp³-hybridized carbons (Fsp3) is 0.500. The normalized spacial score (nSPS) is 21.3. The molecule has 0 radical (unpaired) electrons. The molecule has 6 heteroatoms. The molecule has 1 heterocycles. The molecule has 0 aromatic heterocycles. The van der Waals surface area contributed by atoms with Crippen molar-refractivity contribution in [3.05, 3.63) is 23.8 Å². The zero-order valence-electron chi connectivity index (χ0n) is 10.9. The molecule has 0 aliphatic carbocycles. The molecule has 1 aromatic carbocycles. The number of nitrogens with two attached hydrogens (primary N) is 1. The Bertz CT molecular complexity index is 475. The van der Waals surface area contributed by atoms with Gasteiger partial charge in [0, 0.05) is 5.46 Å². The quantitative estimate of drug-likeness (QED) is 0.615. The molecule has 0 atom stereocenters. The summed E-state index contributed by atoms with van der Waals surface area (Å²) in [7, 11) is -0.926. The van der Waals surface area contributed by atoms with Gasteiger partial charge in [-0.05, 0) is 33.8 Å². The Kier molecular flexibility index (Phi) is 2.90. The van der Waals surface area contributed by atoms with E-state index in [0.717, 1.165) is 0 Å². The van der Waals surface area contributed by atoms with Crippen LogP contribution in [0.4, 0.5) is 14.5 Å². The summed E-state index contributed by atoms with van der Waals surface area (Å²) < 4.78 is 38.5. The first-order chi connectivity index (χ1) is 8.16. The van der Waals surface area contributed by atoms with Crippen LogP contribution in [0, 0.1) is 11.6 Å². The molecule has 0 saturated carbocycles. The molecule has 0 unspecified atom stereocenters. The van der Waals surface area contributed by atoms with Crippen molar-refractivity contribution >= 4 is 18.3 Å². The first kappa shape index (κ1) is 13.3. The first-order valence-electron chi connectivity index (χ1n) is 5.75. The van der Waals surface area contributed by atoms with E-state index in [1.54, 1.807) is 0 Å². The minimum atomic E-state index is -1.07. The molecular formula is C12H16BF2NO2. The molecular weight excluding hydrogens is 239 g/mol. The van der Waals surface area contributed by atoms with Crippen LogP contribution in [-0.4, -0.2) is 18.3 Å². The van der Waals surface area contributed by atoms with Gasteiger partial charge in [-0.3, -0.25) is 0 Å². The lowest BCUT2D eigenvalue weighted by molar-refractivity contribution is 0.00578. The average Bonchev–Trinajstić information content (AvgIpc) is 2.45. The highest BCUT2D eigenvalue weighted by Gasteiger charge is 2.52. The van der Waals surface area contributed by atoms with Gasteiger partial charge in [0.25, 0.3) is 0 Å². The van der Waals surface area contributed by atoms with Gasteiger partial charge in [-0.15, -0.1) is 0 Å². The summed E-state index contributed by atoms with van der Waals surface area (Å²) in [5.41, 5.74) is 3.91. The lowest BCUT2D eigenvalue weighted by Crippen LogP contribution is -2.41. The Hall–Kier alpha value is -1.14. The Morgan fingerprint density at radius 3 is 2.00 bits per heavy atom. The van der Waals surface area contributed by atoms with E-state index >= 15 is 0 Å². The molecule has 0 spiro atoms. The van der Waals surface area contributed by atoms with Crippen molar-refractivity contribution in [1.29, 1.82) is 0 Å². The van der Waals surface area contributed by atoms with E-state index in [-0.39, 0.29) is 11.2 Å². The highest BCUT2D eigenvalue weighted by Crippen LogP contribution is 2.36. The Morgan fingerprint density at radius 1 is 1.00 bits per heavy atom. The molecule has 0 bridgehead atoms. The highest BCUT2D eigenvalue weighted by atomic mass is 19.2. The van der Waals surface area contributed by atoms with Gasteiger partial charge >= 0.3 is 7.12 Å². The van der Waals surface area contributed by atoms with Crippen molar-refractivity contribution in [3.8, 4) is 0 Å². The second-order valence-electron chi connectivity index (χ2n) is 5.46. The number of rotatable bonds is 1. The maximum Gasteiger partial charge on any atom is 0.497 e. The second kappa shape index (κ2) is 3.93. The molecule has 2 rings (SSSR count). The van der Waals surface area contributed by atoms with Crippen LogP contribution < -0.4 is 11.2 Å². The Labute approximate surface area is 105 Å². The Balaban J connectivity index is 2.39. The van der Waals surface area contributed by atoms with Gasteiger partial charge in [-0.2, -0.15) is 0 Å². The largest absolute Gasteiger partial charge is 0.497 e. The molecule has 1 aliphatic rings. The number of hydrogen-bond acceptors (Lipinski definition) is 3. The monoisotopic (exact) mass is 255 g/mol. The predicted octanol–water partition coefficient (Wildman–Crippen LogP) is 1.85. The number of hydrogen-bond donors (Lipinski definition) is 1. The molecule has 1 saturated heterocycles. The van der Waals surface area contributed by atoms with Crippen molar-refractivity contribution in [1.82, 2.24) is 0 Å². The lowest BCUT2D eigenvalue weighted by Gasteiger charge is -2.32. The minimum absolute atomic E-state index is 0.0281. The second-order valence-corrected chi connectivity index (χ2v) is 5.46. The number of halogens is 2. The molecule has 2 N–H and O–H groups in total. The van der Waals surface area contributed by atoms with Crippen LogP contribution in [0.15, 0.2) is 12.1 Å². The molecule has 18 heavy (non-hydrogen) atoms. The summed E-state index contributed by atoms with van der Waals surface area (Å²) in [5, 5.41) is 0. The van der Waals surface area contributed by atoms with Crippen LogP contribution in [0.3, 0.4) is 0 Å². The average molecular weight is 255 g/mol. The van der Waals surface area contributed by atoms with Crippen molar-refractivity contribution in [3.63, 3.8) is 0 Å². The SMILES string of the molecule is CC1(C)OB(c2ccc(N)c(F)c2F)OC1(C)C. The van der Waals surface area contributed by atoms with E-state index in [9.17, 15) is 8.78 Å². The zero-order chi connectivity index (χ0) is 13.7. The molecule has 1 aromatic rings. The van der Waals surface area contributed by atoms with Gasteiger partial charge < -0.3 is 15.0 Å². The molecule has 0 amide bonds. The third-order valence-corrected chi connectivity index (χ3v) is 3.65. The first-order valence-corrected chi connectivity index (χ1v) is 5.75. The van der Waals surface area contributed by atoms with Gasteiger partial charge in [0.15, 0.2) is 11.6 Å². The van der Waals surface area contributed by atoms with Crippen LogP contribution in [0.1, 0.15) is 27.7 Å². The summed E-state index contributed by atoms with van der Waals surface area (Å²) >= 11 is 0. The molecule has 3 nitrogen and oxygen atoms in total. The Morgan fingerprint density at radius 2 is 1.50 bits per heavy atom. The van der Waals surface area contributed by atoms with Crippen molar-refractivity contribution in [2.75, 3.05) is 5.73 Å². The van der Waals surface area contributed by atoms with E-state index in [2.05, 4.69) is 0 Å². The molecule has 1 fully saturated rings. The maximum absolute atomic E-state index is 13.8. The van der Waals surface area contributed by atoms with Crippen LogP contribution in [-0.2, 0) is 9.31 Å². The van der Waals surface area contributed by atoms with E-state index < -0.39 is 30.0 Å². The molecule has 1 aliphatic heterocycles. The fourth-order valence-corrected chi connectivity index (χ4v) is 1.73. The topological polar surface area (TPSA) is 44.5 Å². The fourth-order valence-electron chi connectivity index (χ4n) is 1.73. The third-order valence-electron chi connectivity index (χ3n) is 3.65. The summed E-state index contributed by atoms with van der Waals surface area (Å²) in [4.78, 5) is 0. The minimum Gasteiger partial charge on any atom is -0.399 e. The smallest absolute Gasteiger partial charge is 0.399 e. The standard InChI is InChI=1S/C12H16BF2NO2/c1-11(2)12(3,4)18-13(17-11)7-5-6-8(16)10(15)9(7)14/h5-6H,16H2,1-4H3.